The van der Waals surface area contributed by atoms with E-state index in [0.717, 1.165) is 15.7 Å². The van der Waals surface area contributed by atoms with Gasteiger partial charge >= 0.3 is 0 Å². The molecule has 0 unspecified atom stereocenters. The molecule has 0 saturated carbocycles. The molecule has 1 amide bonds. The summed E-state index contributed by atoms with van der Waals surface area (Å²) >= 11 is 3.36. The number of nitrogens with one attached hydrogen (secondary N) is 2. The van der Waals surface area contributed by atoms with Gasteiger partial charge in [-0.25, -0.2) is 4.39 Å². The maximum absolute atomic E-state index is 12.8. The highest BCUT2D eigenvalue weighted by Gasteiger charge is 2.11. The first kappa shape index (κ1) is 15.5. The number of carbonyl (C=O) groups excluding carboxylic acids is 1. The van der Waals surface area contributed by atoms with Crippen LogP contribution in [0.25, 0.3) is 0 Å². The zero-order valence-electron chi connectivity index (χ0n) is 11.6. The summed E-state index contributed by atoms with van der Waals surface area (Å²) in [5, 5.41) is 5.94. The van der Waals surface area contributed by atoms with Crippen LogP contribution in [0, 0.1) is 5.82 Å². The molecule has 0 aliphatic carbocycles. The largest absolute Gasteiger partial charge is 0.374 e. The Kier molecular flexibility index (Phi) is 5.33. The highest BCUT2D eigenvalue weighted by molar-refractivity contribution is 9.10. The smallest absolute Gasteiger partial charge is 0.242 e. The summed E-state index contributed by atoms with van der Waals surface area (Å²) in [6.07, 6.45) is 0. The van der Waals surface area contributed by atoms with Crippen LogP contribution >= 0.6 is 15.9 Å². The highest BCUT2D eigenvalue weighted by Crippen LogP contribution is 2.14. The molecule has 0 saturated heterocycles. The molecular weight excluding hydrogens is 335 g/mol. The van der Waals surface area contributed by atoms with Crippen molar-refractivity contribution >= 4 is 27.5 Å². The van der Waals surface area contributed by atoms with Crippen LogP contribution in [0.3, 0.4) is 0 Å². The van der Waals surface area contributed by atoms with Gasteiger partial charge in [-0.2, -0.15) is 0 Å². The van der Waals surface area contributed by atoms with Gasteiger partial charge in [0, 0.05) is 16.7 Å². The average molecular weight is 351 g/mol. The zero-order valence-corrected chi connectivity index (χ0v) is 13.2. The van der Waals surface area contributed by atoms with E-state index in [1.165, 1.54) is 12.1 Å². The van der Waals surface area contributed by atoms with Gasteiger partial charge in [-0.3, -0.25) is 4.79 Å². The third-order valence-corrected chi connectivity index (χ3v) is 3.53. The summed E-state index contributed by atoms with van der Waals surface area (Å²) in [4.78, 5) is 12.0. The van der Waals surface area contributed by atoms with Crippen LogP contribution in [-0.4, -0.2) is 11.9 Å². The standard InChI is InChI=1S/C16H16BrFN2O/c1-11(20-15-8-4-13(17)5-9-15)16(21)19-10-12-2-6-14(18)7-3-12/h2-9,11,20H,10H2,1H3,(H,19,21)/t11-/m0/s1. The van der Waals surface area contributed by atoms with Gasteiger partial charge in [0.15, 0.2) is 0 Å². The minimum Gasteiger partial charge on any atom is -0.374 e. The SMILES string of the molecule is C[C@H](Nc1ccc(Br)cc1)C(=O)NCc1ccc(F)cc1. The van der Waals surface area contributed by atoms with Crippen molar-refractivity contribution in [2.24, 2.45) is 0 Å². The molecule has 0 aromatic heterocycles. The average Bonchev–Trinajstić information content (AvgIpc) is 2.48. The molecule has 0 aliphatic heterocycles. The first-order valence-electron chi connectivity index (χ1n) is 6.59. The van der Waals surface area contributed by atoms with Crippen molar-refractivity contribution in [3.8, 4) is 0 Å². The number of rotatable bonds is 5. The first-order chi connectivity index (χ1) is 10.0. The fourth-order valence-corrected chi connectivity index (χ4v) is 2.07. The van der Waals surface area contributed by atoms with Gasteiger partial charge in [0.1, 0.15) is 11.9 Å². The molecule has 5 heteroatoms. The number of benzene rings is 2. The molecule has 0 radical (unpaired) electrons. The lowest BCUT2D eigenvalue weighted by Gasteiger charge is -2.15. The number of hydrogen-bond donors (Lipinski definition) is 2. The van der Waals surface area contributed by atoms with E-state index in [-0.39, 0.29) is 17.8 Å². The number of halogens is 2. The fourth-order valence-electron chi connectivity index (χ4n) is 1.81. The Hall–Kier alpha value is -1.88. The quantitative estimate of drug-likeness (QED) is 0.862. The summed E-state index contributed by atoms with van der Waals surface area (Å²) in [6, 6.07) is 13.3. The summed E-state index contributed by atoms with van der Waals surface area (Å²) < 4.78 is 13.8. The Morgan fingerprint density at radius 2 is 1.76 bits per heavy atom. The van der Waals surface area contributed by atoms with E-state index in [0.29, 0.717) is 6.54 Å². The number of anilines is 1. The van der Waals surface area contributed by atoms with Crippen LogP contribution in [0.4, 0.5) is 10.1 Å². The minimum absolute atomic E-state index is 0.109. The second kappa shape index (κ2) is 7.22. The Labute approximate surface area is 131 Å². The number of hydrogen-bond acceptors (Lipinski definition) is 2. The van der Waals surface area contributed by atoms with Gasteiger partial charge in [0.2, 0.25) is 5.91 Å². The summed E-state index contributed by atoms with van der Waals surface area (Å²) in [7, 11) is 0. The number of carbonyl (C=O) groups is 1. The van der Waals surface area contributed by atoms with Gasteiger partial charge in [0.25, 0.3) is 0 Å². The maximum Gasteiger partial charge on any atom is 0.242 e. The van der Waals surface area contributed by atoms with E-state index in [9.17, 15) is 9.18 Å². The van der Waals surface area contributed by atoms with Crippen LogP contribution < -0.4 is 10.6 Å². The van der Waals surface area contributed by atoms with Crippen LogP contribution in [0.2, 0.25) is 0 Å². The molecule has 3 nitrogen and oxygen atoms in total. The van der Waals surface area contributed by atoms with E-state index < -0.39 is 0 Å². The third kappa shape index (κ3) is 4.86. The molecule has 21 heavy (non-hydrogen) atoms. The molecule has 1 atom stereocenters. The molecule has 2 rings (SSSR count). The molecule has 0 fully saturated rings. The van der Waals surface area contributed by atoms with E-state index in [1.807, 2.05) is 24.3 Å². The second-order valence-electron chi connectivity index (χ2n) is 4.72. The Morgan fingerprint density at radius 3 is 2.38 bits per heavy atom. The second-order valence-corrected chi connectivity index (χ2v) is 5.63. The number of amides is 1. The minimum atomic E-state index is -0.355. The normalized spacial score (nSPS) is 11.8. The van der Waals surface area contributed by atoms with Gasteiger partial charge in [0.05, 0.1) is 0 Å². The van der Waals surface area contributed by atoms with Crippen molar-refractivity contribution in [1.82, 2.24) is 5.32 Å². The van der Waals surface area contributed by atoms with Gasteiger partial charge in [-0.15, -0.1) is 0 Å². The Balaban J connectivity index is 1.84. The van der Waals surface area contributed by atoms with Crippen molar-refractivity contribution in [3.63, 3.8) is 0 Å². The zero-order chi connectivity index (χ0) is 15.2. The molecule has 0 spiro atoms. The van der Waals surface area contributed by atoms with Crippen LogP contribution in [0.5, 0.6) is 0 Å². The van der Waals surface area contributed by atoms with Crippen LogP contribution in [-0.2, 0) is 11.3 Å². The van der Waals surface area contributed by atoms with Crippen molar-refractivity contribution in [2.45, 2.75) is 19.5 Å². The fraction of sp³-hybridized carbons (Fsp3) is 0.188. The van der Waals surface area contributed by atoms with Gasteiger partial charge < -0.3 is 10.6 Å². The topological polar surface area (TPSA) is 41.1 Å². The molecule has 110 valence electrons. The lowest BCUT2D eigenvalue weighted by Crippen LogP contribution is -2.37. The van der Waals surface area contributed by atoms with Crippen LogP contribution in [0.1, 0.15) is 12.5 Å². The molecular formula is C16H16BrFN2O. The predicted octanol–water partition coefficient (Wildman–Crippen LogP) is 3.71. The Bertz CT molecular complexity index is 599. The van der Waals surface area contributed by atoms with Crippen LogP contribution in [0.15, 0.2) is 53.0 Å². The monoisotopic (exact) mass is 350 g/mol. The van der Waals surface area contributed by atoms with E-state index in [2.05, 4.69) is 26.6 Å². The molecule has 0 heterocycles. The van der Waals surface area contributed by atoms with E-state index in [1.54, 1.807) is 19.1 Å². The first-order valence-corrected chi connectivity index (χ1v) is 7.38. The van der Waals surface area contributed by atoms with Crippen molar-refractivity contribution in [3.05, 3.63) is 64.4 Å². The van der Waals surface area contributed by atoms with Crippen molar-refractivity contribution in [1.29, 1.82) is 0 Å². The molecule has 2 aromatic carbocycles. The Morgan fingerprint density at radius 1 is 1.14 bits per heavy atom. The molecule has 2 aromatic rings. The predicted molar refractivity (Wildman–Crippen MR) is 85.5 cm³/mol. The summed E-state index contributed by atoms with van der Waals surface area (Å²) in [5.41, 5.74) is 1.74. The summed E-state index contributed by atoms with van der Waals surface area (Å²) in [6.45, 7) is 2.17. The van der Waals surface area contributed by atoms with Gasteiger partial charge in [-0.1, -0.05) is 28.1 Å². The van der Waals surface area contributed by atoms with Gasteiger partial charge in [-0.05, 0) is 48.9 Å². The molecule has 0 aliphatic rings. The lowest BCUT2D eigenvalue weighted by molar-refractivity contribution is -0.121. The highest BCUT2D eigenvalue weighted by atomic mass is 79.9. The van der Waals surface area contributed by atoms with Crippen molar-refractivity contribution < 1.29 is 9.18 Å². The van der Waals surface area contributed by atoms with Crippen molar-refractivity contribution in [2.75, 3.05) is 5.32 Å². The molecule has 0 bridgehead atoms. The summed E-state index contributed by atoms with van der Waals surface area (Å²) in [5.74, 6) is -0.391. The third-order valence-electron chi connectivity index (χ3n) is 3.00. The maximum atomic E-state index is 12.8. The van der Waals surface area contributed by atoms with E-state index >= 15 is 0 Å². The molecule has 2 N–H and O–H groups in total. The lowest BCUT2D eigenvalue weighted by atomic mass is 10.2. The van der Waals surface area contributed by atoms with E-state index in [4.69, 9.17) is 0 Å².